The fourth-order valence-corrected chi connectivity index (χ4v) is 2.20. The Balaban J connectivity index is 2.35. The predicted octanol–water partition coefficient (Wildman–Crippen LogP) is 0.993. The van der Waals surface area contributed by atoms with Gasteiger partial charge < -0.3 is 10.2 Å². The van der Waals surface area contributed by atoms with Gasteiger partial charge in [-0.25, -0.2) is 0 Å². The molecule has 0 aliphatic carbocycles. The molecule has 1 rings (SSSR count). The van der Waals surface area contributed by atoms with Gasteiger partial charge in [-0.2, -0.15) is 0 Å². The quantitative estimate of drug-likeness (QED) is 0.697. The highest BCUT2D eigenvalue weighted by atomic mass is 16.3. The van der Waals surface area contributed by atoms with Crippen LogP contribution in [0.25, 0.3) is 0 Å². The van der Waals surface area contributed by atoms with Crippen LogP contribution in [0.2, 0.25) is 0 Å². The van der Waals surface area contributed by atoms with Gasteiger partial charge in [0.2, 0.25) is 0 Å². The first-order valence-electron chi connectivity index (χ1n) is 5.73. The van der Waals surface area contributed by atoms with E-state index in [0.29, 0.717) is 6.04 Å². The molecular formula is C11H23NO2. The summed E-state index contributed by atoms with van der Waals surface area (Å²) in [5.41, 5.74) is 0. The molecule has 1 fully saturated rings. The first kappa shape index (κ1) is 12.0. The van der Waals surface area contributed by atoms with E-state index in [4.69, 9.17) is 0 Å². The first-order valence-corrected chi connectivity index (χ1v) is 5.73. The molecule has 0 saturated carbocycles. The van der Waals surface area contributed by atoms with Gasteiger partial charge in [0.25, 0.3) is 0 Å². The average molecular weight is 201 g/mol. The van der Waals surface area contributed by atoms with Gasteiger partial charge in [-0.3, -0.25) is 4.90 Å². The van der Waals surface area contributed by atoms with E-state index in [1.165, 1.54) is 12.8 Å². The molecular weight excluding hydrogens is 178 g/mol. The van der Waals surface area contributed by atoms with Crippen LogP contribution < -0.4 is 0 Å². The summed E-state index contributed by atoms with van der Waals surface area (Å²) in [5.74, 6) is 0. The number of aliphatic hydroxyl groups is 2. The summed E-state index contributed by atoms with van der Waals surface area (Å²) in [6.45, 7) is 5.69. The largest absolute Gasteiger partial charge is 0.393 e. The number of likely N-dealkylation sites (tertiary alicyclic amines) is 1. The molecule has 0 spiro atoms. The van der Waals surface area contributed by atoms with E-state index in [0.717, 1.165) is 25.9 Å². The lowest BCUT2D eigenvalue weighted by Crippen LogP contribution is -2.37. The first-order chi connectivity index (χ1) is 6.63. The summed E-state index contributed by atoms with van der Waals surface area (Å²) in [7, 11) is 0. The van der Waals surface area contributed by atoms with Crippen molar-refractivity contribution in [3.8, 4) is 0 Å². The summed E-state index contributed by atoms with van der Waals surface area (Å²) >= 11 is 0. The van der Waals surface area contributed by atoms with Crippen molar-refractivity contribution in [1.29, 1.82) is 0 Å². The maximum atomic E-state index is 9.57. The number of nitrogens with zero attached hydrogens (tertiary/aromatic N) is 1. The molecule has 3 unspecified atom stereocenters. The number of rotatable bonds is 5. The normalized spacial score (nSPS) is 27.9. The molecule has 3 atom stereocenters. The van der Waals surface area contributed by atoms with Crippen molar-refractivity contribution in [1.82, 2.24) is 4.90 Å². The van der Waals surface area contributed by atoms with E-state index < -0.39 is 0 Å². The average Bonchev–Trinajstić information content (AvgIpc) is 2.52. The molecule has 0 bridgehead atoms. The summed E-state index contributed by atoms with van der Waals surface area (Å²) in [6, 6.07) is 0.483. The topological polar surface area (TPSA) is 43.7 Å². The van der Waals surface area contributed by atoms with E-state index in [9.17, 15) is 10.2 Å². The van der Waals surface area contributed by atoms with Gasteiger partial charge in [0.05, 0.1) is 12.2 Å². The second-order valence-electron chi connectivity index (χ2n) is 4.44. The molecule has 14 heavy (non-hydrogen) atoms. The summed E-state index contributed by atoms with van der Waals surface area (Å²) in [4.78, 5) is 2.32. The lowest BCUT2D eigenvalue weighted by molar-refractivity contribution is 0.0815. The Bertz CT molecular complexity index is 161. The Morgan fingerprint density at radius 3 is 2.71 bits per heavy atom. The number of hydrogen-bond donors (Lipinski definition) is 2. The van der Waals surface area contributed by atoms with E-state index in [-0.39, 0.29) is 12.2 Å². The molecule has 0 radical (unpaired) electrons. The van der Waals surface area contributed by atoms with Crippen molar-refractivity contribution in [3.05, 3.63) is 0 Å². The fraction of sp³-hybridized carbons (Fsp3) is 1.00. The third kappa shape index (κ3) is 3.56. The molecule has 3 heteroatoms. The molecule has 1 aliphatic rings. The van der Waals surface area contributed by atoms with Crippen LogP contribution in [0.1, 0.15) is 39.5 Å². The van der Waals surface area contributed by atoms with Crippen LogP contribution in [0.15, 0.2) is 0 Å². The monoisotopic (exact) mass is 201 g/mol. The maximum Gasteiger partial charge on any atom is 0.0664 e. The highest BCUT2D eigenvalue weighted by molar-refractivity contribution is 4.81. The van der Waals surface area contributed by atoms with E-state index >= 15 is 0 Å². The Hall–Kier alpha value is -0.120. The van der Waals surface area contributed by atoms with E-state index in [1.807, 2.05) is 13.8 Å². The van der Waals surface area contributed by atoms with Gasteiger partial charge in [0.15, 0.2) is 0 Å². The van der Waals surface area contributed by atoms with E-state index in [2.05, 4.69) is 4.90 Å². The Kier molecular flexibility index (Phi) is 4.85. The molecule has 3 nitrogen and oxygen atoms in total. The van der Waals surface area contributed by atoms with Crippen LogP contribution in [-0.2, 0) is 0 Å². The van der Waals surface area contributed by atoms with Crippen molar-refractivity contribution < 1.29 is 10.2 Å². The zero-order chi connectivity index (χ0) is 10.6. The Labute approximate surface area is 86.7 Å². The minimum atomic E-state index is -0.223. The standard InChI is InChI=1S/C11H23NO2/c1-3-11(14)8-12-6-4-5-10(12)7-9(2)13/h9-11,13-14H,3-8H2,1-2H3. The molecule has 0 aromatic rings. The number of aliphatic hydroxyl groups excluding tert-OH is 2. The van der Waals surface area contributed by atoms with Crippen LogP contribution in [0.5, 0.6) is 0 Å². The Morgan fingerprint density at radius 1 is 1.43 bits per heavy atom. The van der Waals surface area contributed by atoms with Gasteiger partial charge in [0, 0.05) is 12.6 Å². The smallest absolute Gasteiger partial charge is 0.0664 e. The van der Waals surface area contributed by atoms with Crippen molar-refractivity contribution in [3.63, 3.8) is 0 Å². The second-order valence-corrected chi connectivity index (χ2v) is 4.44. The van der Waals surface area contributed by atoms with Crippen molar-refractivity contribution >= 4 is 0 Å². The molecule has 1 heterocycles. The fourth-order valence-electron chi connectivity index (χ4n) is 2.20. The molecule has 0 aromatic heterocycles. The van der Waals surface area contributed by atoms with Gasteiger partial charge in [-0.05, 0) is 39.2 Å². The van der Waals surface area contributed by atoms with Crippen LogP contribution in [0, 0.1) is 0 Å². The van der Waals surface area contributed by atoms with Crippen molar-refractivity contribution in [2.24, 2.45) is 0 Å². The van der Waals surface area contributed by atoms with Crippen molar-refractivity contribution in [2.45, 2.75) is 57.8 Å². The summed E-state index contributed by atoms with van der Waals surface area (Å²) in [5, 5.41) is 18.9. The van der Waals surface area contributed by atoms with E-state index in [1.54, 1.807) is 0 Å². The molecule has 0 amide bonds. The van der Waals surface area contributed by atoms with Crippen LogP contribution in [0.3, 0.4) is 0 Å². The Morgan fingerprint density at radius 2 is 2.14 bits per heavy atom. The van der Waals surface area contributed by atoms with Crippen molar-refractivity contribution in [2.75, 3.05) is 13.1 Å². The molecule has 1 saturated heterocycles. The SMILES string of the molecule is CCC(O)CN1CCCC1CC(C)O. The van der Waals surface area contributed by atoms with Gasteiger partial charge in [0.1, 0.15) is 0 Å². The summed E-state index contributed by atoms with van der Waals surface area (Å²) in [6.07, 6.45) is 3.60. The van der Waals surface area contributed by atoms with Gasteiger partial charge in [-0.15, -0.1) is 0 Å². The number of β-amino-alcohol motifs (C(OH)–C–C–N with tert-alkyl or cyclic N) is 1. The molecule has 0 aromatic carbocycles. The van der Waals surface area contributed by atoms with Crippen LogP contribution >= 0.6 is 0 Å². The van der Waals surface area contributed by atoms with Gasteiger partial charge in [-0.1, -0.05) is 6.92 Å². The highest BCUT2D eigenvalue weighted by Crippen LogP contribution is 2.21. The zero-order valence-corrected chi connectivity index (χ0v) is 9.32. The highest BCUT2D eigenvalue weighted by Gasteiger charge is 2.26. The van der Waals surface area contributed by atoms with Crippen LogP contribution in [-0.4, -0.2) is 46.5 Å². The lowest BCUT2D eigenvalue weighted by atomic mass is 10.1. The predicted molar refractivity (Wildman–Crippen MR) is 57.2 cm³/mol. The third-order valence-electron chi connectivity index (χ3n) is 3.03. The maximum absolute atomic E-state index is 9.57. The van der Waals surface area contributed by atoms with Gasteiger partial charge >= 0.3 is 0 Å². The second kappa shape index (κ2) is 5.69. The third-order valence-corrected chi connectivity index (χ3v) is 3.03. The molecule has 1 aliphatic heterocycles. The lowest BCUT2D eigenvalue weighted by Gasteiger charge is -2.27. The number of hydrogen-bond acceptors (Lipinski definition) is 3. The minimum Gasteiger partial charge on any atom is -0.393 e. The molecule has 84 valence electrons. The van der Waals surface area contributed by atoms with Crippen LogP contribution in [0.4, 0.5) is 0 Å². The zero-order valence-electron chi connectivity index (χ0n) is 9.32. The minimum absolute atomic E-state index is 0.204. The molecule has 2 N–H and O–H groups in total. The summed E-state index contributed by atoms with van der Waals surface area (Å²) < 4.78 is 0.